The zero-order valence-electron chi connectivity index (χ0n) is 7.88. The van der Waals surface area contributed by atoms with Gasteiger partial charge in [-0.3, -0.25) is 0 Å². The minimum Gasteiger partial charge on any atom is -0.393 e. The van der Waals surface area contributed by atoms with Crippen LogP contribution in [0.2, 0.25) is 0 Å². The molecule has 0 saturated heterocycles. The second kappa shape index (κ2) is 6.41. The molecule has 1 N–H and O–H groups in total. The Morgan fingerprint density at radius 1 is 1.36 bits per heavy atom. The summed E-state index contributed by atoms with van der Waals surface area (Å²) in [4.78, 5) is 0. The molecule has 0 saturated carbocycles. The Morgan fingerprint density at radius 3 is 2.45 bits per heavy atom. The molecule has 0 aliphatic carbocycles. The lowest BCUT2D eigenvalue weighted by Crippen LogP contribution is -2.13. The standard InChI is InChI=1S/C10H20O/c1-4-5-6-7-8-10(11)9(2)3/h4-5,9-11H,6-8H2,1-3H3/b5-4+. The number of hydrogen-bond acceptors (Lipinski definition) is 1. The Labute approximate surface area is 70.1 Å². The minimum absolute atomic E-state index is 0.111. The molecule has 0 amide bonds. The van der Waals surface area contributed by atoms with Crippen LogP contribution in [0.3, 0.4) is 0 Å². The van der Waals surface area contributed by atoms with Crippen molar-refractivity contribution in [3.05, 3.63) is 12.2 Å². The first-order valence-corrected chi connectivity index (χ1v) is 4.47. The lowest BCUT2D eigenvalue weighted by molar-refractivity contribution is 0.114. The second-order valence-electron chi connectivity index (χ2n) is 3.31. The molecule has 0 aromatic rings. The molecule has 0 aromatic carbocycles. The van der Waals surface area contributed by atoms with Crippen molar-refractivity contribution in [3.8, 4) is 0 Å². The van der Waals surface area contributed by atoms with Crippen molar-refractivity contribution in [1.82, 2.24) is 0 Å². The van der Waals surface area contributed by atoms with Crippen molar-refractivity contribution >= 4 is 0 Å². The van der Waals surface area contributed by atoms with Gasteiger partial charge in [-0.15, -0.1) is 0 Å². The molecule has 1 unspecified atom stereocenters. The van der Waals surface area contributed by atoms with Crippen LogP contribution in [0.15, 0.2) is 12.2 Å². The first-order valence-electron chi connectivity index (χ1n) is 4.47. The van der Waals surface area contributed by atoms with Crippen LogP contribution in [0.25, 0.3) is 0 Å². The Hall–Kier alpha value is -0.300. The van der Waals surface area contributed by atoms with E-state index in [1.807, 2.05) is 6.92 Å². The molecule has 1 nitrogen and oxygen atoms in total. The van der Waals surface area contributed by atoms with Crippen LogP contribution in [-0.2, 0) is 0 Å². The van der Waals surface area contributed by atoms with Gasteiger partial charge in [0.1, 0.15) is 0 Å². The molecule has 0 heterocycles. The number of allylic oxidation sites excluding steroid dienone is 2. The van der Waals surface area contributed by atoms with Crippen molar-refractivity contribution in [2.75, 3.05) is 0 Å². The van der Waals surface area contributed by atoms with Gasteiger partial charge in [0.15, 0.2) is 0 Å². The Kier molecular flexibility index (Phi) is 6.24. The number of unbranched alkanes of at least 4 members (excludes halogenated alkanes) is 1. The highest BCUT2D eigenvalue weighted by molar-refractivity contribution is 4.77. The molecule has 1 heteroatoms. The topological polar surface area (TPSA) is 20.2 Å². The van der Waals surface area contributed by atoms with Gasteiger partial charge in [-0.05, 0) is 32.1 Å². The van der Waals surface area contributed by atoms with Crippen molar-refractivity contribution in [3.63, 3.8) is 0 Å². The molecule has 0 aromatic heterocycles. The SMILES string of the molecule is C/C=C/CCCC(O)C(C)C. The van der Waals surface area contributed by atoms with E-state index < -0.39 is 0 Å². The zero-order valence-corrected chi connectivity index (χ0v) is 7.88. The van der Waals surface area contributed by atoms with Crippen LogP contribution < -0.4 is 0 Å². The van der Waals surface area contributed by atoms with E-state index in [1.165, 1.54) is 0 Å². The van der Waals surface area contributed by atoms with Crippen LogP contribution in [0, 0.1) is 5.92 Å². The predicted octanol–water partition coefficient (Wildman–Crippen LogP) is 2.75. The lowest BCUT2D eigenvalue weighted by atomic mass is 10.0. The molecule has 0 aliphatic rings. The molecule has 0 aliphatic heterocycles. The van der Waals surface area contributed by atoms with Crippen LogP contribution in [-0.4, -0.2) is 11.2 Å². The summed E-state index contributed by atoms with van der Waals surface area (Å²) in [5, 5.41) is 9.40. The molecular formula is C10H20O. The highest BCUT2D eigenvalue weighted by atomic mass is 16.3. The molecule has 0 bridgehead atoms. The fraction of sp³-hybridized carbons (Fsp3) is 0.800. The van der Waals surface area contributed by atoms with Gasteiger partial charge >= 0.3 is 0 Å². The van der Waals surface area contributed by atoms with Crippen LogP contribution in [0.5, 0.6) is 0 Å². The summed E-state index contributed by atoms with van der Waals surface area (Å²) in [5.41, 5.74) is 0. The van der Waals surface area contributed by atoms with Gasteiger partial charge in [-0.2, -0.15) is 0 Å². The molecule has 66 valence electrons. The molecule has 0 rings (SSSR count). The van der Waals surface area contributed by atoms with Crippen molar-refractivity contribution in [1.29, 1.82) is 0 Å². The van der Waals surface area contributed by atoms with Crippen molar-refractivity contribution < 1.29 is 5.11 Å². The molecule has 0 fully saturated rings. The third-order valence-corrected chi connectivity index (χ3v) is 1.88. The molecular weight excluding hydrogens is 136 g/mol. The van der Waals surface area contributed by atoms with E-state index in [1.54, 1.807) is 0 Å². The largest absolute Gasteiger partial charge is 0.393 e. The number of rotatable bonds is 5. The van der Waals surface area contributed by atoms with Gasteiger partial charge in [-0.25, -0.2) is 0 Å². The average Bonchev–Trinajstić information content (AvgIpc) is 1.97. The quantitative estimate of drug-likeness (QED) is 0.479. The van der Waals surface area contributed by atoms with E-state index in [0.717, 1.165) is 19.3 Å². The highest BCUT2D eigenvalue weighted by Gasteiger charge is 2.06. The predicted molar refractivity (Wildman–Crippen MR) is 49.5 cm³/mol. The van der Waals surface area contributed by atoms with Gasteiger partial charge in [0.25, 0.3) is 0 Å². The summed E-state index contributed by atoms with van der Waals surface area (Å²) < 4.78 is 0. The number of hydrogen-bond donors (Lipinski definition) is 1. The smallest absolute Gasteiger partial charge is 0.0563 e. The van der Waals surface area contributed by atoms with E-state index in [-0.39, 0.29) is 6.10 Å². The third-order valence-electron chi connectivity index (χ3n) is 1.88. The summed E-state index contributed by atoms with van der Waals surface area (Å²) >= 11 is 0. The Bertz CT molecular complexity index is 105. The average molecular weight is 156 g/mol. The third kappa shape index (κ3) is 6.11. The first kappa shape index (κ1) is 10.7. The van der Waals surface area contributed by atoms with Gasteiger partial charge in [-0.1, -0.05) is 26.0 Å². The molecule has 11 heavy (non-hydrogen) atoms. The van der Waals surface area contributed by atoms with Gasteiger partial charge in [0.2, 0.25) is 0 Å². The fourth-order valence-electron chi connectivity index (χ4n) is 0.945. The summed E-state index contributed by atoms with van der Waals surface area (Å²) in [7, 11) is 0. The second-order valence-corrected chi connectivity index (χ2v) is 3.31. The van der Waals surface area contributed by atoms with Crippen LogP contribution in [0.4, 0.5) is 0 Å². The Balaban J connectivity index is 3.24. The summed E-state index contributed by atoms with van der Waals surface area (Å²) in [6, 6.07) is 0. The minimum atomic E-state index is -0.111. The first-order chi connectivity index (χ1) is 5.18. The van der Waals surface area contributed by atoms with Crippen LogP contribution >= 0.6 is 0 Å². The van der Waals surface area contributed by atoms with Crippen molar-refractivity contribution in [2.45, 2.75) is 46.1 Å². The summed E-state index contributed by atoms with van der Waals surface area (Å²) in [6.07, 6.45) is 7.22. The molecule has 0 radical (unpaired) electrons. The van der Waals surface area contributed by atoms with E-state index in [0.29, 0.717) is 5.92 Å². The summed E-state index contributed by atoms with van der Waals surface area (Å²) in [6.45, 7) is 6.14. The Morgan fingerprint density at radius 2 is 2.00 bits per heavy atom. The fourth-order valence-corrected chi connectivity index (χ4v) is 0.945. The van der Waals surface area contributed by atoms with Gasteiger partial charge in [0.05, 0.1) is 6.10 Å². The maximum absolute atomic E-state index is 9.40. The summed E-state index contributed by atoms with van der Waals surface area (Å²) in [5.74, 6) is 0.403. The maximum atomic E-state index is 9.40. The van der Waals surface area contributed by atoms with E-state index in [4.69, 9.17) is 0 Å². The number of aliphatic hydroxyl groups is 1. The van der Waals surface area contributed by atoms with Crippen LogP contribution in [0.1, 0.15) is 40.0 Å². The van der Waals surface area contributed by atoms with E-state index in [9.17, 15) is 5.11 Å². The normalized spacial score (nSPS) is 14.6. The van der Waals surface area contributed by atoms with Crippen molar-refractivity contribution in [2.24, 2.45) is 5.92 Å². The monoisotopic (exact) mass is 156 g/mol. The van der Waals surface area contributed by atoms with Gasteiger partial charge in [0, 0.05) is 0 Å². The zero-order chi connectivity index (χ0) is 8.69. The molecule has 0 spiro atoms. The molecule has 1 atom stereocenters. The highest BCUT2D eigenvalue weighted by Crippen LogP contribution is 2.09. The lowest BCUT2D eigenvalue weighted by Gasteiger charge is -2.12. The maximum Gasteiger partial charge on any atom is 0.0563 e. The van der Waals surface area contributed by atoms with E-state index >= 15 is 0 Å². The van der Waals surface area contributed by atoms with Gasteiger partial charge < -0.3 is 5.11 Å². The number of aliphatic hydroxyl groups excluding tert-OH is 1. The van der Waals surface area contributed by atoms with E-state index in [2.05, 4.69) is 26.0 Å².